The first-order valence-electron chi connectivity index (χ1n) is 8.73. The van der Waals surface area contributed by atoms with Gasteiger partial charge in [-0.05, 0) is 49.7 Å². The van der Waals surface area contributed by atoms with Gasteiger partial charge in [-0.1, -0.05) is 26.2 Å². The van der Waals surface area contributed by atoms with Gasteiger partial charge in [-0.25, -0.2) is 4.79 Å². The van der Waals surface area contributed by atoms with E-state index in [9.17, 15) is 9.59 Å². The van der Waals surface area contributed by atoms with Gasteiger partial charge in [0.05, 0.1) is 0 Å². The molecule has 0 spiro atoms. The molecule has 5 heteroatoms. The van der Waals surface area contributed by atoms with E-state index in [1.54, 1.807) is 0 Å². The number of ether oxygens (including phenoxy) is 1. The van der Waals surface area contributed by atoms with Gasteiger partial charge in [-0.15, -0.1) is 11.3 Å². The van der Waals surface area contributed by atoms with E-state index in [0.717, 1.165) is 31.6 Å². The topological polar surface area (TPSA) is 55.4 Å². The van der Waals surface area contributed by atoms with Crippen molar-refractivity contribution in [2.24, 2.45) is 5.92 Å². The average molecular weight is 335 g/mol. The molecular formula is C18H25NO3S. The van der Waals surface area contributed by atoms with E-state index >= 15 is 0 Å². The van der Waals surface area contributed by atoms with Crippen molar-refractivity contribution in [3.8, 4) is 0 Å². The Balaban J connectivity index is 1.50. The van der Waals surface area contributed by atoms with Gasteiger partial charge >= 0.3 is 5.97 Å². The van der Waals surface area contributed by atoms with Crippen LogP contribution in [-0.2, 0) is 22.4 Å². The Hall–Kier alpha value is -1.36. The average Bonchev–Trinajstić information content (AvgIpc) is 3.20. The zero-order chi connectivity index (χ0) is 16.2. The number of amides is 1. The summed E-state index contributed by atoms with van der Waals surface area (Å²) in [4.78, 5) is 25.9. The second-order valence-electron chi connectivity index (χ2n) is 6.70. The number of aryl methyl sites for hydroxylation is 1. The molecule has 1 fully saturated rings. The molecule has 1 heterocycles. The molecule has 1 saturated carbocycles. The van der Waals surface area contributed by atoms with Crippen molar-refractivity contribution in [3.63, 3.8) is 0 Å². The number of hydrogen-bond donors (Lipinski definition) is 1. The molecule has 4 nitrogen and oxygen atoms in total. The number of rotatable bonds is 5. The lowest BCUT2D eigenvalue weighted by Crippen LogP contribution is -2.35. The fourth-order valence-corrected chi connectivity index (χ4v) is 4.69. The maximum atomic E-state index is 12.2. The van der Waals surface area contributed by atoms with Crippen molar-refractivity contribution in [3.05, 3.63) is 21.4 Å². The van der Waals surface area contributed by atoms with Crippen LogP contribution in [0.1, 0.15) is 65.6 Å². The maximum Gasteiger partial charge on any atom is 0.348 e. The molecule has 0 bridgehead atoms. The van der Waals surface area contributed by atoms with E-state index in [4.69, 9.17) is 4.74 Å². The molecule has 0 radical (unpaired) electrons. The van der Waals surface area contributed by atoms with Gasteiger partial charge in [0.1, 0.15) is 4.88 Å². The highest BCUT2D eigenvalue weighted by Gasteiger charge is 2.23. The number of thiophene rings is 1. The van der Waals surface area contributed by atoms with Crippen molar-refractivity contribution in [2.45, 2.75) is 64.3 Å². The fourth-order valence-electron chi connectivity index (χ4n) is 3.59. The summed E-state index contributed by atoms with van der Waals surface area (Å²) >= 11 is 1.53. The van der Waals surface area contributed by atoms with Crippen LogP contribution in [-0.4, -0.2) is 24.5 Å². The summed E-state index contributed by atoms with van der Waals surface area (Å²) in [6.07, 6.45) is 8.95. The van der Waals surface area contributed by atoms with E-state index in [2.05, 4.69) is 12.2 Å². The number of esters is 1. The summed E-state index contributed by atoms with van der Waals surface area (Å²) in [5.74, 6) is 0.190. The lowest BCUT2D eigenvalue weighted by molar-refractivity contribution is -0.124. The van der Waals surface area contributed by atoms with E-state index in [-0.39, 0.29) is 24.5 Å². The molecule has 1 aromatic rings. The SMILES string of the molecule is CCC1CCc2sc(C(=O)OCC(=O)NC3CCCC3)cc2C1. The van der Waals surface area contributed by atoms with E-state index in [1.807, 2.05) is 6.07 Å². The molecule has 2 aliphatic rings. The quantitative estimate of drug-likeness (QED) is 0.838. The van der Waals surface area contributed by atoms with Gasteiger partial charge in [-0.2, -0.15) is 0 Å². The molecule has 1 N–H and O–H groups in total. The van der Waals surface area contributed by atoms with Crippen LogP contribution >= 0.6 is 11.3 Å². The first-order chi connectivity index (χ1) is 11.2. The summed E-state index contributed by atoms with van der Waals surface area (Å²) < 4.78 is 5.19. The highest BCUT2D eigenvalue weighted by Crippen LogP contribution is 2.33. The van der Waals surface area contributed by atoms with E-state index < -0.39 is 0 Å². The van der Waals surface area contributed by atoms with Crippen LogP contribution in [0.5, 0.6) is 0 Å². The van der Waals surface area contributed by atoms with E-state index in [0.29, 0.717) is 4.88 Å². The molecule has 2 aliphatic carbocycles. The minimum absolute atomic E-state index is 0.171. The summed E-state index contributed by atoms with van der Waals surface area (Å²) in [6, 6.07) is 2.24. The Kier molecular flexibility index (Phi) is 5.36. The van der Waals surface area contributed by atoms with Gasteiger partial charge in [0.2, 0.25) is 0 Å². The fraction of sp³-hybridized carbons (Fsp3) is 0.667. The van der Waals surface area contributed by atoms with Crippen molar-refractivity contribution in [1.29, 1.82) is 0 Å². The summed E-state index contributed by atoms with van der Waals surface area (Å²) in [6.45, 7) is 2.05. The van der Waals surface area contributed by atoms with Crippen molar-refractivity contribution in [1.82, 2.24) is 5.32 Å². The zero-order valence-electron chi connectivity index (χ0n) is 13.7. The highest BCUT2D eigenvalue weighted by atomic mass is 32.1. The lowest BCUT2D eigenvalue weighted by atomic mass is 9.87. The minimum Gasteiger partial charge on any atom is -0.451 e. The third kappa shape index (κ3) is 4.14. The Morgan fingerprint density at radius 1 is 1.30 bits per heavy atom. The maximum absolute atomic E-state index is 12.2. The van der Waals surface area contributed by atoms with Gasteiger partial charge in [0.25, 0.3) is 5.91 Å². The Labute approximate surface area is 141 Å². The smallest absolute Gasteiger partial charge is 0.348 e. The number of nitrogens with one attached hydrogen (secondary N) is 1. The second-order valence-corrected chi connectivity index (χ2v) is 7.84. The molecule has 23 heavy (non-hydrogen) atoms. The van der Waals surface area contributed by atoms with Crippen LogP contribution in [0, 0.1) is 5.92 Å². The standard InChI is InChI=1S/C18H25NO3S/c1-2-12-7-8-15-13(9-12)10-16(23-15)18(21)22-11-17(20)19-14-5-3-4-6-14/h10,12,14H,2-9,11H2,1H3,(H,19,20). The number of fused-ring (bicyclic) bond motifs is 1. The monoisotopic (exact) mass is 335 g/mol. The van der Waals surface area contributed by atoms with Crippen LogP contribution in [0.15, 0.2) is 6.07 Å². The molecule has 0 saturated heterocycles. The molecule has 1 atom stereocenters. The number of hydrogen-bond acceptors (Lipinski definition) is 4. The lowest BCUT2D eigenvalue weighted by Gasteiger charge is -2.19. The molecular weight excluding hydrogens is 310 g/mol. The molecule has 1 unspecified atom stereocenters. The largest absolute Gasteiger partial charge is 0.451 e. The van der Waals surface area contributed by atoms with Gasteiger partial charge in [0, 0.05) is 10.9 Å². The first-order valence-corrected chi connectivity index (χ1v) is 9.55. The third-order valence-electron chi connectivity index (χ3n) is 5.02. The Bertz CT molecular complexity index is 575. The van der Waals surface area contributed by atoms with Crippen molar-refractivity contribution < 1.29 is 14.3 Å². The van der Waals surface area contributed by atoms with Crippen molar-refractivity contribution in [2.75, 3.05) is 6.61 Å². The van der Waals surface area contributed by atoms with Gasteiger partial charge < -0.3 is 10.1 Å². The number of carbonyl (C=O) groups is 2. The van der Waals surface area contributed by atoms with Crippen molar-refractivity contribution >= 4 is 23.2 Å². The summed E-state index contributed by atoms with van der Waals surface area (Å²) in [5, 5.41) is 2.94. The second kappa shape index (κ2) is 7.47. The highest BCUT2D eigenvalue weighted by molar-refractivity contribution is 7.14. The van der Waals surface area contributed by atoms with Crippen LogP contribution < -0.4 is 5.32 Å². The molecule has 0 aliphatic heterocycles. The normalized spacial score (nSPS) is 21.0. The van der Waals surface area contributed by atoms with Crippen LogP contribution in [0.25, 0.3) is 0 Å². The Morgan fingerprint density at radius 2 is 2.09 bits per heavy atom. The molecule has 1 amide bonds. The minimum atomic E-state index is -0.362. The van der Waals surface area contributed by atoms with E-state index in [1.165, 1.54) is 47.5 Å². The molecule has 3 rings (SSSR count). The first kappa shape index (κ1) is 16.5. The van der Waals surface area contributed by atoms with Gasteiger partial charge in [0.15, 0.2) is 6.61 Å². The molecule has 1 aromatic heterocycles. The summed E-state index contributed by atoms with van der Waals surface area (Å²) in [7, 11) is 0. The number of carbonyl (C=O) groups excluding carboxylic acids is 2. The third-order valence-corrected chi connectivity index (χ3v) is 6.24. The van der Waals surface area contributed by atoms with Crippen LogP contribution in [0.4, 0.5) is 0 Å². The molecule has 126 valence electrons. The van der Waals surface area contributed by atoms with Crippen LogP contribution in [0.3, 0.4) is 0 Å². The molecule has 0 aromatic carbocycles. The Morgan fingerprint density at radius 3 is 2.83 bits per heavy atom. The predicted octanol–water partition coefficient (Wildman–Crippen LogP) is 3.48. The van der Waals surface area contributed by atoms with Crippen LogP contribution in [0.2, 0.25) is 0 Å². The summed E-state index contributed by atoms with van der Waals surface area (Å²) in [5.41, 5.74) is 1.30. The zero-order valence-corrected chi connectivity index (χ0v) is 14.5. The van der Waals surface area contributed by atoms with Gasteiger partial charge in [-0.3, -0.25) is 4.79 Å². The predicted molar refractivity (Wildman–Crippen MR) is 90.8 cm³/mol.